The molecule has 2 aromatic carbocycles. The lowest BCUT2D eigenvalue weighted by Gasteiger charge is -2.31. The van der Waals surface area contributed by atoms with Gasteiger partial charge in [0, 0.05) is 11.6 Å². The third kappa shape index (κ3) is 4.17. The van der Waals surface area contributed by atoms with Crippen LogP contribution in [0.25, 0.3) is 22.3 Å². The summed E-state index contributed by atoms with van der Waals surface area (Å²) in [5, 5.41) is 8.83. The second-order valence-corrected chi connectivity index (χ2v) is 7.46. The molecule has 1 aliphatic carbocycles. The van der Waals surface area contributed by atoms with E-state index in [9.17, 15) is 14.0 Å². The number of carboxylic acids is 1. The van der Waals surface area contributed by atoms with Crippen LogP contribution in [0, 0.1) is 11.7 Å². The van der Waals surface area contributed by atoms with E-state index in [1.807, 2.05) is 0 Å². The fourth-order valence-electron chi connectivity index (χ4n) is 3.30. The van der Waals surface area contributed by atoms with Gasteiger partial charge >= 0.3 is 5.97 Å². The molecule has 0 radical (unpaired) electrons. The predicted octanol–water partition coefficient (Wildman–Crippen LogP) is 4.51. The Morgan fingerprint density at radius 3 is 2.60 bits per heavy atom. The number of aliphatic carboxylic acids is 1. The summed E-state index contributed by atoms with van der Waals surface area (Å²) in [6.45, 7) is 0.690. The summed E-state index contributed by atoms with van der Waals surface area (Å²) in [5.74, 6) is -0.860. The van der Waals surface area contributed by atoms with Crippen molar-refractivity contribution in [1.29, 1.82) is 0 Å². The maximum Gasteiger partial charge on any atom is 0.306 e. The van der Waals surface area contributed by atoms with Crippen LogP contribution in [0.1, 0.15) is 12.8 Å². The van der Waals surface area contributed by atoms with Crippen LogP contribution < -0.4 is 10.2 Å². The van der Waals surface area contributed by atoms with E-state index in [1.165, 1.54) is 12.1 Å². The number of ether oxygens (including phenoxy) is 2. The highest BCUT2D eigenvalue weighted by molar-refractivity contribution is 6.34. The number of carbonyl (C=O) groups is 1. The molecule has 1 aliphatic rings. The number of rotatable bonds is 7. The quantitative estimate of drug-likeness (QED) is 0.553. The zero-order valence-electron chi connectivity index (χ0n) is 15.8. The van der Waals surface area contributed by atoms with E-state index in [2.05, 4.69) is 0 Å². The first-order valence-electron chi connectivity index (χ1n) is 9.42. The van der Waals surface area contributed by atoms with Crippen molar-refractivity contribution in [1.82, 2.24) is 0 Å². The van der Waals surface area contributed by atoms with Crippen LogP contribution in [-0.4, -0.2) is 30.4 Å². The third-order valence-corrected chi connectivity index (χ3v) is 5.43. The van der Waals surface area contributed by atoms with Gasteiger partial charge in [-0.3, -0.25) is 9.59 Å². The molecular weight excluding hydrogens is 415 g/mol. The van der Waals surface area contributed by atoms with E-state index in [0.29, 0.717) is 37.4 Å². The summed E-state index contributed by atoms with van der Waals surface area (Å²) >= 11 is 5.95. The average molecular weight is 433 g/mol. The molecule has 0 atom stereocenters. The van der Waals surface area contributed by atoms with E-state index >= 15 is 0 Å². The van der Waals surface area contributed by atoms with E-state index in [0.717, 1.165) is 6.07 Å². The summed E-state index contributed by atoms with van der Waals surface area (Å²) in [4.78, 5) is 23.1. The van der Waals surface area contributed by atoms with Crippen LogP contribution in [0.2, 0.25) is 5.02 Å². The number of benzene rings is 2. The topological polar surface area (TPSA) is 86.0 Å². The zero-order valence-corrected chi connectivity index (χ0v) is 16.5. The van der Waals surface area contributed by atoms with Gasteiger partial charge in [0.05, 0.1) is 24.0 Å². The number of hydrogen-bond donors (Lipinski definition) is 1. The van der Waals surface area contributed by atoms with E-state index in [1.54, 1.807) is 24.3 Å². The minimum Gasteiger partial charge on any atom is -0.491 e. The summed E-state index contributed by atoms with van der Waals surface area (Å²) in [6.07, 6.45) is 1.05. The van der Waals surface area contributed by atoms with Gasteiger partial charge in [-0.15, -0.1) is 0 Å². The molecule has 156 valence electrons. The van der Waals surface area contributed by atoms with Gasteiger partial charge in [-0.25, -0.2) is 4.39 Å². The molecule has 1 N–H and O–H groups in total. The van der Waals surface area contributed by atoms with Gasteiger partial charge in [0.25, 0.3) is 0 Å². The highest BCUT2D eigenvalue weighted by Gasteiger charge is 2.34. The van der Waals surface area contributed by atoms with Crippen molar-refractivity contribution in [2.45, 2.75) is 18.9 Å². The molecule has 1 saturated carbocycles. The van der Waals surface area contributed by atoms with Crippen molar-refractivity contribution in [2.75, 3.05) is 13.2 Å². The molecule has 1 aromatic heterocycles. The maximum atomic E-state index is 13.7. The number of fused-ring (bicyclic) bond motifs is 1. The first kappa shape index (κ1) is 20.4. The Morgan fingerprint density at radius 2 is 1.90 bits per heavy atom. The largest absolute Gasteiger partial charge is 0.491 e. The van der Waals surface area contributed by atoms with E-state index in [4.69, 9.17) is 30.6 Å². The van der Waals surface area contributed by atoms with Crippen LogP contribution in [0.4, 0.5) is 4.39 Å². The Kier molecular flexibility index (Phi) is 5.74. The fraction of sp³-hybridized carbons (Fsp3) is 0.273. The van der Waals surface area contributed by atoms with Gasteiger partial charge in [-0.1, -0.05) is 11.6 Å². The lowest BCUT2D eigenvalue weighted by molar-refractivity contribution is -0.151. The van der Waals surface area contributed by atoms with Crippen LogP contribution >= 0.6 is 11.6 Å². The second kappa shape index (κ2) is 8.45. The second-order valence-electron chi connectivity index (χ2n) is 7.09. The molecule has 3 aromatic rings. The highest BCUT2D eigenvalue weighted by Crippen LogP contribution is 2.31. The van der Waals surface area contributed by atoms with Crippen molar-refractivity contribution in [3.05, 3.63) is 63.5 Å². The van der Waals surface area contributed by atoms with E-state index < -0.39 is 11.8 Å². The predicted molar refractivity (Wildman–Crippen MR) is 108 cm³/mol. The van der Waals surface area contributed by atoms with Gasteiger partial charge in [-0.2, -0.15) is 0 Å². The third-order valence-electron chi connectivity index (χ3n) is 5.08. The van der Waals surface area contributed by atoms with Gasteiger partial charge in [0.2, 0.25) is 0 Å². The number of hydrogen-bond acceptors (Lipinski definition) is 5. The molecule has 0 amide bonds. The Bertz CT molecular complexity index is 1130. The molecule has 1 heterocycles. The minimum absolute atomic E-state index is 0.0118. The first-order chi connectivity index (χ1) is 14.4. The summed E-state index contributed by atoms with van der Waals surface area (Å²) in [5.41, 5.74) is 0.316. The van der Waals surface area contributed by atoms with Gasteiger partial charge in [0.15, 0.2) is 11.0 Å². The zero-order chi connectivity index (χ0) is 21.3. The molecule has 8 heteroatoms. The molecule has 4 rings (SSSR count). The van der Waals surface area contributed by atoms with Gasteiger partial charge in [0.1, 0.15) is 29.0 Å². The van der Waals surface area contributed by atoms with Crippen LogP contribution in [-0.2, 0) is 9.53 Å². The van der Waals surface area contributed by atoms with Crippen molar-refractivity contribution in [3.63, 3.8) is 0 Å². The molecule has 0 unspecified atom stereocenters. The Balaban J connectivity index is 1.37. The number of halogens is 2. The van der Waals surface area contributed by atoms with E-state index in [-0.39, 0.29) is 39.2 Å². The Morgan fingerprint density at radius 1 is 1.17 bits per heavy atom. The molecule has 1 fully saturated rings. The lowest BCUT2D eigenvalue weighted by Crippen LogP contribution is -2.36. The SMILES string of the molecule is O=C(O)C1CC(OCCOc2ccc(-c3cc(=O)c4ccc(F)c(Cl)c4o3)cc2)C1. The fourth-order valence-corrected chi connectivity index (χ4v) is 3.50. The van der Waals surface area contributed by atoms with Crippen molar-refractivity contribution in [3.8, 4) is 17.1 Å². The summed E-state index contributed by atoms with van der Waals surface area (Å²) in [7, 11) is 0. The van der Waals surface area contributed by atoms with Crippen LogP contribution in [0.3, 0.4) is 0 Å². The van der Waals surface area contributed by atoms with Crippen molar-refractivity contribution >= 4 is 28.5 Å². The standard InChI is InChI=1S/C22H18ClFO6/c23-20-17(24)6-5-16-18(25)11-19(30-21(16)20)12-1-3-14(4-2-12)28-7-8-29-15-9-13(10-15)22(26)27/h1-6,11,13,15H,7-10H2,(H,26,27). The molecule has 6 nitrogen and oxygen atoms in total. The molecule has 0 spiro atoms. The molecule has 0 aliphatic heterocycles. The molecule has 0 saturated heterocycles. The summed E-state index contributed by atoms with van der Waals surface area (Å²) < 4.78 is 30.6. The number of carboxylic acid groups (broad SMARTS) is 1. The molecule has 0 bridgehead atoms. The van der Waals surface area contributed by atoms with Gasteiger partial charge in [-0.05, 0) is 49.2 Å². The molecule has 30 heavy (non-hydrogen) atoms. The first-order valence-corrected chi connectivity index (χ1v) is 9.79. The van der Waals surface area contributed by atoms with Crippen molar-refractivity contribution in [2.24, 2.45) is 5.92 Å². The minimum atomic E-state index is -0.777. The molecular formula is C22H18ClFO6. The normalized spacial score (nSPS) is 18.2. The van der Waals surface area contributed by atoms with Gasteiger partial charge < -0.3 is 19.0 Å². The Labute approximate surface area is 175 Å². The lowest BCUT2D eigenvalue weighted by atomic mass is 9.82. The highest BCUT2D eigenvalue weighted by atomic mass is 35.5. The van der Waals surface area contributed by atoms with Crippen LogP contribution in [0.15, 0.2) is 51.7 Å². The monoisotopic (exact) mass is 432 g/mol. The maximum absolute atomic E-state index is 13.7. The summed E-state index contributed by atoms with van der Waals surface area (Å²) in [6, 6.07) is 10.7. The van der Waals surface area contributed by atoms with Crippen LogP contribution in [0.5, 0.6) is 5.75 Å². The van der Waals surface area contributed by atoms with Crippen molar-refractivity contribution < 1.29 is 28.2 Å². The average Bonchev–Trinajstić information content (AvgIpc) is 2.69. The smallest absolute Gasteiger partial charge is 0.306 e. The Hall–Kier alpha value is -2.90.